The van der Waals surface area contributed by atoms with Gasteiger partial charge in [-0.1, -0.05) is 55.4 Å². The van der Waals surface area contributed by atoms with Gasteiger partial charge in [-0.25, -0.2) is 9.50 Å². The van der Waals surface area contributed by atoms with Crippen LogP contribution in [0.25, 0.3) is 5.52 Å². The zero-order valence-electron chi connectivity index (χ0n) is 14.1. The highest BCUT2D eigenvalue weighted by molar-refractivity contribution is 5.62. The van der Waals surface area contributed by atoms with Crippen molar-refractivity contribution in [1.29, 1.82) is 0 Å². The van der Waals surface area contributed by atoms with E-state index in [9.17, 15) is 0 Å². The van der Waals surface area contributed by atoms with E-state index in [4.69, 9.17) is 4.98 Å². The number of hydrogen-bond donors (Lipinski definition) is 0. The van der Waals surface area contributed by atoms with Crippen LogP contribution in [0.5, 0.6) is 0 Å². The van der Waals surface area contributed by atoms with Crippen molar-refractivity contribution < 1.29 is 0 Å². The fourth-order valence-electron chi connectivity index (χ4n) is 2.52. The molecule has 0 atom stereocenters. The molecule has 0 N–H and O–H groups in total. The summed E-state index contributed by atoms with van der Waals surface area (Å²) in [5, 5.41) is 4.58. The zero-order chi connectivity index (χ0) is 15.3. The van der Waals surface area contributed by atoms with Gasteiger partial charge in [0.05, 0.1) is 11.2 Å². The van der Waals surface area contributed by atoms with Crippen LogP contribution in [0.3, 0.4) is 0 Å². The van der Waals surface area contributed by atoms with E-state index in [1.807, 2.05) is 6.20 Å². The molecule has 20 heavy (non-hydrogen) atoms. The molecule has 0 unspecified atom stereocenters. The Morgan fingerprint density at radius 2 is 1.60 bits per heavy atom. The second kappa shape index (κ2) is 4.57. The summed E-state index contributed by atoms with van der Waals surface area (Å²) in [5.41, 5.74) is 3.67. The highest BCUT2D eigenvalue weighted by Gasteiger charge is 2.30. The average Bonchev–Trinajstić information content (AvgIpc) is 2.66. The second-order valence-electron chi connectivity index (χ2n) is 7.99. The normalized spacial score (nSPS) is 13.4. The van der Waals surface area contributed by atoms with Gasteiger partial charge >= 0.3 is 0 Å². The average molecular weight is 273 g/mol. The first-order valence-corrected chi connectivity index (χ1v) is 7.42. The van der Waals surface area contributed by atoms with E-state index in [0.29, 0.717) is 5.92 Å². The van der Waals surface area contributed by atoms with Gasteiger partial charge in [-0.15, -0.1) is 0 Å². The van der Waals surface area contributed by atoms with E-state index < -0.39 is 0 Å². The second-order valence-corrected chi connectivity index (χ2v) is 7.99. The van der Waals surface area contributed by atoms with Crippen molar-refractivity contribution in [1.82, 2.24) is 14.6 Å². The predicted octanol–water partition coefficient (Wildman–Crippen LogP) is 4.45. The van der Waals surface area contributed by atoms with Gasteiger partial charge in [0.15, 0.2) is 0 Å². The van der Waals surface area contributed by atoms with E-state index in [2.05, 4.69) is 71.1 Å². The summed E-state index contributed by atoms with van der Waals surface area (Å²) in [5.74, 6) is 1.51. The molecule has 0 aliphatic heterocycles. The Balaban J connectivity index is 2.92. The van der Waals surface area contributed by atoms with Crippen molar-refractivity contribution in [2.45, 2.75) is 72.1 Å². The summed E-state index contributed by atoms with van der Waals surface area (Å²) in [6, 6.07) is 2.13. The maximum Gasteiger partial charge on any atom is 0.136 e. The van der Waals surface area contributed by atoms with Crippen LogP contribution in [0.1, 0.15) is 78.4 Å². The lowest BCUT2D eigenvalue weighted by molar-refractivity contribution is 0.520. The van der Waals surface area contributed by atoms with Crippen molar-refractivity contribution >= 4 is 5.52 Å². The maximum atomic E-state index is 4.98. The molecule has 0 saturated carbocycles. The van der Waals surface area contributed by atoms with Crippen LogP contribution in [0.15, 0.2) is 12.3 Å². The number of hydrogen-bond acceptors (Lipinski definition) is 2. The van der Waals surface area contributed by atoms with Crippen LogP contribution in [0.2, 0.25) is 0 Å². The molecule has 0 aromatic carbocycles. The van der Waals surface area contributed by atoms with Gasteiger partial charge in [-0.05, 0) is 17.5 Å². The van der Waals surface area contributed by atoms with Crippen molar-refractivity contribution in [3.05, 3.63) is 29.3 Å². The summed E-state index contributed by atoms with van der Waals surface area (Å²) in [6.45, 7) is 17.7. The van der Waals surface area contributed by atoms with Crippen LogP contribution < -0.4 is 0 Å². The molecule has 0 radical (unpaired) electrons. The van der Waals surface area contributed by atoms with Gasteiger partial charge in [0, 0.05) is 17.0 Å². The SMILES string of the molecule is CC(C)c1ccnn2c(C(C)(C)C)nc(C(C)(C)C)c12. The monoisotopic (exact) mass is 273 g/mol. The molecule has 2 aromatic rings. The molecule has 0 amide bonds. The lowest BCUT2D eigenvalue weighted by Gasteiger charge is -2.18. The molecule has 0 bridgehead atoms. The molecule has 3 heteroatoms. The van der Waals surface area contributed by atoms with Crippen molar-refractivity contribution in [2.75, 3.05) is 0 Å². The highest BCUT2D eigenvalue weighted by Crippen LogP contribution is 2.34. The van der Waals surface area contributed by atoms with E-state index >= 15 is 0 Å². The van der Waals surface area contributed by atoms with E-state index in [-0.39, 0.29) is 10.8 Å². The first-order valence-electron chi connectivity index (χ1n) is 7.42. The Morgan fingerprint density at radius 3 is 2.05 bits per heavy atom. The Kier molecular flexibility index (Phi) is 3.43. The third kappa shape index (κ3) is 2.46. The Hall–Kier alpha value is -1.38. The molecule has 0 aliphatic carbocycles. The minimum atomic E-state index is -0.0188. The Labute approximate surface area is 122 Å². The van der Waals surface area contributed by atoms with Crippen LogP contribution in [-0.4, -0.2) is 14.6 Å². The summed E-state index contributed by atoms with van der Waals surface area (Å²) in [4.78, 5) is 4.98. The predicted molar refractivity (Wildman–Crippen MR) is 84.5 cm³/mol. The molecule has 0 spiro atoms. The summed E-state index contributed by atoms with van der Waals surface area (Å²) >= 11 is 0. The molecule has 0 saturated heterocycles. The van der Waals surface area contributed by atoms with Crippen molar-refractivity contribution in [2.24, 2.45) is 0 Å². The lowest BCUT2D eigenvalue weighted by atomic mass is 9.89. The minimum absolute atomic E-state index is 0.0153. The minimum Gasteiger partial charge on any atom is -0.235 e. The quantitative estimate of drug-likeness (QED) is 0.768. The summed E-state index contributed by atoms with van der Waals surface area (Å²) in [7, 11) is 0. The standard InChI is InChI=1S/C17H27N3/c1-11(2)12-9-10-18-20-13(12)14(16(3,4)5)19-15(20)17(6,7)8/h9-11H,1-8H3. The Morgan fingerprint density at radius 1 is 1.00 bits per heavy atom. The topological polar surface area (TPSA) is 30.2 Å². The van der Waals surface area contributed by atoms with Gasteiger partial charge in [0.1, 0.15) is 5.82 Å². The van der Waals surface area contributed by atoms with Gasteiger partial charge < -0.3 is 0 Å². The summed E-state index contributed by atoms with van der Waals surface area (Å²) in [6.07, 6.45) is 1.89. The van der Waals surface area contributed by atoms with Crippen molar-refractivity contribution in [3.63, 3.8) is 0 Å². The molecule has 0 aliphatic rings. The third-order valence-electron chi connectivity index (χ3n) is 3.57. The Bertz CT molecular complexity index is 622. The van der Waals surface area contributed by atoms with Crippen LogP contribution in [0, 0.1) is 0 Å². The first-order chi connectivity index (χ1) is 9.03. The molecule has 110 valence electrons. The molecular weight excluding hydrogens is 246 g/mol. The number of nitrogens with zero attached hydrogens (tertiary/aromatic N) is 3. The lowest BCUT2D eigenvalue weighted by Crippen LogP contribution is -2.17. The first kappa shape index (κ1) is 15.0. The van der Waals surface area contributed by atoms with Gasteiger partial charge in [0.2, 0.25) is 0 Å². The van der Waals surface area contributed by atoms with Crippen molar-refractivity contribution in [3.8, 4) is 0 Å². The highest BCUT2D eigenvalue weighted by atomic mass is 15.3. The maximum absolute atomic E-state index is 4.98. The van der Waals surface area contributed by atoms with Crippen LogP contribution >= 0.6 is 0 Å². The third-order valence-corrected chi connectivity index (χ3v) is 3.57. The number of aromatic nitrogens is 3. The molecule has 2 heterocycles. The molecule has 2 rings (SSSR count). The van der Waals surface area contributed by atoms with Gasteiger partial charge in [0.25, 0.3) is 0 Å². The largest absolute Gasteiger partial charge is 0.235 e. The van der Waals surface area contributed by atoms with E-state index in [1.165, 1.54) is 11.1 Å². The smallest absolute Gasteiger partial charge is 0.136 e. The van der Waals surface area contributed by atoms with Crippen LogP contribution in [0.4, 0.5) is 0 Å². The number of fused-ring (bicyclic) bond motifs is 1. The van der Waals surface area contributed by atoms with Crippen LogP contribution in [-0.2, 0) is 10.8 Å². The molecule has 3 nitrogen and oxygen atoms in total. The molecule has 0 fully saturated rings. The number of rotatable bonds is 1. The number of imidazole rings is 1. The summed E-state index contributed by atoms with van der Waals surface area (Å²) < 4.78 is 2.05. The molecule has 2 aromatic heterocycles. The van der Waals surface area contributed by atoms with Gasteiger partial charge in [-0.2, -0.15) is 5.10 Å². The molecular formula is C17H27N3. The van der Waals surface area contributed by atoms with E-state index in [1.54, 1.807) is 0 Å². The van der Waals surface area contributed by atoms with Gasteiger partial charge in [-0.3, -0.25) is 0 Å². The fraction of sp³-hybridized carbons (Fsp3) is 0.647. The zero-order valence-corrected chi connectivity index (χ0v) is 14.1. The van der Waals surface area contributed by atoms with E-state index in [0.717, 1.165) is 11.5 Å². The fourth-order valence-corrected chi connectivity index (χ4v) is 2.52.